The highest BCUT2D eigenvalue weighted by molar-refractivity contribution is 5.77. The van der Waals surface area contributed by atoms with Crippen molar-refractivity contribution < 1.29 is 9.53 Å². The Morgan fingerprint density at radius 3 is 2.71 bits per heavy atom. The Morgan fingerprint density at radius 1 is 1.35 bits per heavy atom. The van der Waals surface area contributed by atoms with E-state index in [4.69, 9.17) is 4.74 Å². The molecule has 3 atom stereocenters. The zero-order valence-corrected chi connectivity index (χ0v) is 11.3. The van der Waals surface area contributed by atoms with Gasteiger partial charge in [-0.15, -0.1) is 0 Å². The predicted molar refractivity (Wildman–Crippen MR) is 68.6 cm³/mol. The molecule has 0 aromatic carbocycles. The van der Waals surface area contributed by atoms with Gasteiger partial charge in [0.1, 0.15) is 0 Å². The van der Waals surface area contributed by atoms with Gasteiger partial charge in [-0.3, -0.25) is 4.79 Å². The van der Waals surface area contributed by atoms with Crippen molar-refractivity contribution >= 4 is 5.97 Å². The normalized spacial score (nSPS) is 41.8. The monoisotopic (exact) mass is 236 g/mol. The summed E-state index contributed by atoms with van der Waals surface area (Å²) in [5, 5.41) is 0. The summed E-state index contributed by atoms with van der Waals surface area (Å²) in [6, 6.07) is 0. The van der Waals surface area contributed by atoms with E-state index in [-0.39, 0.29) is 16.8 Å². The Kier molecular flexibility index (Phi) is 3.09. The minimum atomic E-state index is -0.300. The van der Waals surface area contributed by atoms with Crippen LogP contribution >= 0.6 is 0 Å². The first-order valence-corrected chi connectivity index (χ1v) is 6.72. The molecule has 0 unspecified atom stereocenters. The third-order valence-electron chi connectivity index (χ3n) is 5.36. The van der Waals surface area contributed by atoms with Gasteiger partial charge in [-0.1, -0.05) is 25.5 Å². The van der Waals surface area contributed by atoms with E-state index < -0.39 is 0 Å². The van der Waals surface area contributed by atoms with Crippen molar-refractivity contribution in [3.05, 3.63) is 12.2 Å². The number of carbonyl (C=O) groups excluding carboxylic acids is 1. The summed E-state index contributed by atoms with van der Waals surface area (Å²) >= 11 is 0. The number of hydrogen-bond acceptors (Lipinski definition) is 2. The molecule has 0 radical (unpaired) electrons. The maximum Gasteiger partial charge on any atom is 0.311 e. The summed E-state index contributed by atoms with van der Waals surface area (Å²) in [5.41, 5.74) is 1.20. The molecule has 2 saturated carbocycles. The van der Waals surface area contributed by atoms with Gasteiger partial charge in [-0.25, -0.2) is 0 Å². The van der Waals surface area contributed by atoms with E-state index >= 15 is 0 Å². The lowest BCUT2D eigenvalue weighted by molar-refractivity contribution is -0.163. The fourth-order valence-electron chi connectivity index (χ4n) is 4.22. The van der Waals surface area contributed by atoms with Crippen LogP contribution < -0.4 is 0 Å². The van der Waals surface area contributed by atoms with E-state index in [1.54, 1.807) is 0 Å². The topological polar surface area (TPSA) is 26.3 Å². The van der Waals surface area contributed by atoms with Gasteiger partial charge in [0.25, 0.3) is 0 Å². The number of allylic oxidation sites excluding steroid dienone is 1. The number of hydrogen-bond donors (Lipinski definition) is 0. The van der Waals surface area contributed by atoms with Gasteiger partial charge >= 0.3 is 5.97 Å². The lowest BCUT2D eigenvalue weighted by Crippen LogP contribution is -2.50. The van der Waals surface area contributed by atoms with E-state index in [1.165, 1.54) is 25.5 Å². The molecular formula is C15H24O2. The molecule has 2 aliphatic carbocycles. The molecule has 2 heteroatoms. The molecule has 17 heavy (non-hydrogen) atoms. The van der Waals surface area contributed by atoms with Crippen LogP contribution in [0.5, 0.6) is 0 Å². The zero-order valence-electron chi connectivity index (χ0n) is 11.3. The summed E-state index contributed by atoms with van der Waals surface area (Å²) in [7, 11) is 1.51. The Hall–Kier alpha value is -0.790. The highest BCUT2D eigenvalue weighted by Crippen LogP contribution is 2.59. The van der Waals surface area contributed by atoms with Crippen LogP contribution in [0.1, 0.15) is 52.4 Å². The van der Waals surface area contributed by atoms with E-state index in [0.717, 1.165) is 25.7 Å². The van der Waals surface area contributed by atoms with E-state index in [2.05, 4.69) is 20.4 Å². The lowest BCUT2D eigenvalue weighted by atomic mass is 9.50. The molecule has 96 valence electrons. The van der Waals surface area contributed by atoms with Crippen molar-refractivity contribution in [3.63, 3.8) is 0 Å². The third-order valence-corrected chi connectivity index (χ3v) is 5.36. The molecule has 0 saturated heterocycles. The average molecular weight is 236 g/mol. The quantitative estimate of drug-likeness (QED) is 0.512. The minimum Gasteiger partial charge on any atom is -0.469 e. The molecule has 0 amide bonds. The summed E-state index contributed by atoms with van der Waals surface area (Å²) in [6.45, 7) is 8.67. The number of carbonyl (C=O) groups is 1. The second-order valence-electron chi connectivity index (χ2n) is 6.23. The molecule has 0 spiro atoms. The van der Waals surface area contributed by atoms with Crippen LogP contribution in [0.15, 0.2) is 12.2 Å². The number of ether oxygens (including phenoxy) is 1. The van der Waals surface area contributed by atoms with Gasteiger partial charge in [-0.05, 0) is 50.4 Å². The summed E-state index contributed by atoms with van der Waals surface area (Å²) in [4.78, 5) is 12.1. The highest BCUT2D eigenvalue weighted by Gasteiger charge is 2.55. The Bertz CT molecular complexity index is 347. The van der Waals surface area contributed by atoms with Gasteiger partial charge in [0.2, 0.25) is 0 Å². The van der Waals surface area contributed by atoms with E-state index in [1.807, 2.05) is 0 Å². The van der Waals surface area contributed by atoms with Crippen LogP contribution in [-0.4, -0.2) is 13.1 Å². The minimum absolute atomic E-state index is 0.0249. The van der Waals surface area contributed by atoms with Gasteiger partial charge in [0, 0.05) is 0 Å². The number of fused-ring (bicyclic) bond motifs is 1. The molecule has 0 heterocycles. The first-order chi connectivity index (χ1) is 7.95. The largest absolute Gasteiger partial charge is 0.469 e. The first kappa shape index (κ1) is 12.7. The standard InChI is InChI=1S/C15H24O2/c1-11-7-5-8-12-14(11,2)9-6-10-15(12,3)13(16)17-4/h12H,1,5-10H2,2-4H3/t12-,14-,15+/m1/s1. The number of esters is 1. The van der Waals surface area contributed by atoms with Crippen molar-refractivity contribution in [2.45, 2.75) is 52.4 Å². The van der Waals surface area contributed by atoms with Crippen molar-refractivity contribution in [1.29, 1.82) is 0 Å². The van der Waals surface area contributed by atoms with Crippen molar-refractivity contribution in [2.75, 3.05) is 7.11 Å². The average Bonchev–Trinajstić information content (AvgIpc) is 2.30. The molecule has 0 N–H and O–H groups in total. The Labute approximate surface area is 104 Å². The molecule has 2 rings (SSSR count). The molecule has 0 bridgehead atoms. The molecule has 0 aromatic heterocycles. The molecule has 2 fully saturated rings. The molecule has 2 aliphatic rings. The Morgan fingerprint density at radius 2 is 2.06 bits per heavy atom. The van der Waals surface area contributed by atoms with Gasteiger partial charge < -0.3 is 4.74 Å². The molecule has 2 nitrogen and oxygen atoms in total. The fourth-order valence-corrected chi connectivity index (χ4v) is 4.22. The van der Waals surface area contributed by atoms with Crippen LogP contribution in [0, 0.1) is 16.7 Å². The van der Waals surface area contributed by atoms with Crippen LogP contribution in [-0.2, 0) is 9.53 Å². The highest BCUT2D eigenvalue weighted by atomic mass is 16.5. The fraction of sp³-hybridized carbons (Fsp3) is 0.800. The second kappa shape index (κ2) is 4.15. The summed E-state index contributed by atoms with van der Waals surface area (Å²) < 4.78 is 5.05. The summed E-state index contributed by atoms with van der Waals surface area (Å²) in [5.74, 6) is 0.389. The maximum atomic E-state index is 12.1. The second-order valence-corrected chi connectivity index (χ2v) is 6.23. The van der Waals surface area contributed by atoms with Crippen molar-refractivity contribution in [2.24, 2.45) is 16.7 Å². The van der Waals surface area contributed by atoms with Crippen molar-refractivity contribution in [3.8, 4) is 0 Å². The SMILES string of the molecule is C=C1CCC[C@@H]2[C@]1(C)CCC[C@]2(C)C(=O)OC. The predicted octanol–water partition coefficient (Wildman–Crippen LogP) is 3.71. The van der Waals surface area contributed by atoms with Crippen LogP contribution in [0.4, 0.5) is 0 Å². The third kappa shape index (κ3) is 1.73. The number of methoxy groups -OCH3 is 1. The van der Waals surface area contributed by atoms with E-state index in [9.17, 15) is 4.79 Å². The molecule has 0 aromatic rings. The first-order valence-electron chi connectivity index (χ1n) is 6.72. The summed E-state index contributed by atoms with van der Waals surface area (Å²) in [6.07, 6.45) is 6.70. The maximum absolute atomic E-state index is 12.1. The van der Waals surface area contributed by atoms with Gasteiger partial charge in [0.05, 0.1) is 12.5 Å². The number of rotatable bonds is 1. The zero-order chi connectivity index (χ0) is 12.7. The van der Waals surface area contributed by atoms with Crippen LogP contribution in [0.3, 0.4) is 0 Å². The van der Waals surface area contributed by atoms with Gasteiger partial charge in [-0.2, -0.15) is 0 Å². The smallest absolute Gasteiger partial charge is 0.311 e. The van der Waals surface area contributed by atoms with E-state index in [0.29, 0.717) is 5.92 Å². The van der Waals surface area contributed by atoms with Crippen LogP contribution in [0.2, 0.25) is 0 Å². The van der Waals surface area contributed by atoms with Crippen LogP contribution in [0.25, 0.3) is 0 Å². The molecule has 0 aliphatic heterocycles. The Balaban J connectivity index is 2.37. The molecular weight excluding hydrogens is 212 g/mol. The van der Waals surface area contributed by atoms with Gasteiger partial charge in [0.15, 0.2) is 0 Å². The van der Waals surface area contributed by atoms with Crippen molar-refractivity contribution in [1.82, 2.24) is 0 Å². The lowest BCUT2D eigenvalue weighted by Gasteiger charge is -2.54.